The van der Waals surface area contributed by atoms with E-state index in [-0.39, 0.29) is 5.60 Å². The monoisotopic (exact) mass is 308 g/mol. The van der Waals surface area contributed by atoms with Crippen molar-refractivity contribution in [3.63, 3.8) is 0 Å². The molecule has 4 rings (SSSR count). The third-order valence-corrected chi connectivity index (χ3v) is 5.23. The van der Waals surface area contributed by atoms with Crippen molar-refractivity contribution in [3.8, 4) is 5.75 Å². The molecule has 0 bridgehead atoms. The predicted octanol–water partition coefficient (Wildman–Crippen LogP) is 3.80. The van der Waals surface area contributed by atoms with Crippen molar-refractivity contribution in [2.24, 2.45) is 0 Å². The number of piperidine rings is 1. The average molecular weight is 308 g/mol. The minimum absolute atomic E-state index is 0.180. The summed E-state index contributed by atoms with van der Waals surface area (Å²) in [7, 11) is 0. The number of fused-ring (bicyclic) bond motifs is 3. The van der Waals surface area contributed by atoms with Crippen LogP contribution in [0.2, 0.25) is 0 Å². The molecular weight excluding hydrogens is 284 g/mol. The molecule has 0 atom stereocenters. The molecule has 0 saturated carbocycles. The van der Waals surface area contributed by atoms with E-state index in [9.17, 15) is 0 Å². The lowest BCUT2D eigenvalue weighted by Crippen LogP contribution is -2.46. The Balaban J connectivity index is 1.65. The van der Waals surface area contributed by atoms with Crippen molar-refractivity contribution in [2.45, 2.75) is 31.4 Å². The summed E-state index contributed by atoms with van der Waals surface area (Å²) in [6, 6.07) is 12.9. The molecule has 23 heavy (non-hydrogen) atoms. The maximum Gasteiger partial charge on any atom is 0.151 e. The minimum Gasteiger partial charge on any atom is -0.481 e. The lowest BCUT2D eigenvalue weighted by Gasteiger charge is -2.41. The van der Waals surface area contributed by atoms with Crippen LogP contribution >= 0.6 is 0 Å². The first-order chi connectivity index (χ1) is 11.3. The Morgan fingerprint density at radius 1 is 1.13 bits per heavy atom. The highest BCUT2D eigenvalue weighted by Crippen LogP contribution is 2.41. The fourth-order valence-electron chi connectivity index (χ4n) is 3.92. The Hall–Kier alpha value is -2.00. The first-order valence-electron chi connectivity index (χ1n) is 8.56. The van der Waals surface area contributed by atoms with E-state index in [1.807, 2.05) is 6.08 Å². The van der Waals surface area contributed by atoms with Crippen molar-refractivity contribution < 1.29 is 4.74 Å². The van der Waals surface area contributed by atoms with Crippen LogP contribution in [0.15, 0.2) is 55.3 Å². The topological polar surface area (TPSA) is 17.4 Å². The zero-order valence-electron chi connectivity index (χ0n) is 13.6. The van der Waals surface area contributed by atoms with Crippen molar-refractivity contribution in [3.05, 3.63) is 66.5 Å². The molecule has 2 aliphatic rings. The largest absolute Gasteiger partial charge is 0.481 e. The van der Waals surface area contributed by atoms with Gasteiger partial charge in [0.1, 0.15) is 5.75 Å². The number of nitrogens with zero attached hydrogens (tertiary/aromatic N) is 2. The molecule has 3 nitrogen and oxygen atoms in total. The van der Waals surface area contributed by atoms with Crippen LogP contribution in [0, 0.1) is 0 Å². The third kappa shape index (κ3) is 2.59. The molecule has 2 aliphatic heterocycles. The van der Waals surface area contributed by atoms with Crippen molar-refractivity contribution >= 4 is 0 Å². The van der Waals surface area contributed by atoms with Gasteiger partial charge in [-0.05, 0) is 24.6 Å². The number of likely N-dealkylation sites (tertiary alicyclic amines) is 1. The molecule has 1 aromatic carbocycles. The van der Waals surface area contributed by atoms with Gasteiger partial charge < -0.3 is 14.2 Å². The number of ether oxygens (including phenoxy) is 1. The first kappa shape index (κ1) is 14.6. The predicted molar refractivity (Wildman–Crippen MR) is 92.8 cm³/mol. The summed E-state index contributed by atoms with van der Waals surface area (Å²) in [5.41, 5.74) is 2.42. The van der Waals surface area contributed by atoms with Crippen LogP contribution in [0.3, 0.4) is 0 Å². The van der Waals surface area contributed by atoms with Crippen LogP contribution in [-0.4, -0.2) is 29.1 Å². The molecule has 3 heteroatoms. The van der Waals surface area contributed by atoms with Gasteiger partial charge >= 0.3 is 0 Å². The quantitative estimate of drug-likeness (QED) is 0.803. The summed E-state index contributed by atoms with van der Waals surface area (Å²) in [5.74, 6) is 1.05. The second-order valence-electron chi connectivity index (χ2n) is 6.64. The number of hydrogen-bond donors (Lipinski definition) is 0. The van der Waals surface area contributed by atoms with Crippen molar-refractivity contribution in [1.29, 1.82) is 0 Å². The molecule has 0 N–H and O–H groups in total. The molecule has 0 amide bonds. The number of hydrogen-bond acceptors (Lipinski definition) is 2. The Labute approximate surface area is 138 Å². The van der Waals surface area contributed by atoms with E-state index >= 15 is 0 Å². The molecule has 120 valence electrons. The highest BCUT2D eigenvalue weighted by molar-refractivity contribution is 5.38. The van der Waals surface area contributed by atoms with E-state index in [2.05, 4.69) is 58.6 Å². The molecule has 1 aromatic heterocycles. The molecule has 1 fully saturated rings. The maximum atomic E-state index is 6.66. The van der Waals surface area contributed by atoms with Gasteiger partial charge in [0.05, 0.1) is 12.2 Å². The summed E-state index contributed by atoms with van der Waals surface area (Å²) < 4.78 is 9.02. The summed E-state index contributed by atoms with van der Waals surface area (Å²) in [4.78, 5) is 2.53. The standard InChI is InChI=1S/C20H24N2O/c1-2-3-12-21-14-10-20(11-15-21)19-9-6-13-22(19)16-17-7-4-5-8-18(17)23-20/h2,4-9,13H,1,3,10-12,14-16H2. The second-order valence-corrected chi connectivity index (χ2v) is 6.64. The Bertz CT molecular complexity index is 695. The molecule has 2 aromatic rings. The van der Waals surface area contributed by atoms with Gasteiger partial charge in [-0.3, -0.25) is 0 Å². The van der Waals surface area contributed by atoms with Gasteiger partial charge in [-0.1, -0.05) is 24.3 Å². The van der Waals surface area contributed by atoms with Crippen molar-refractivity contribution in [2.75, 3.05) is 19.6 Å². The molecule has 0 unspecified atom stereocenters. The lowest BCUT2D eigenvalue weighted by atomic mass is 9.87. The lowest BCUT2D eigenvalue weighted by molar-refractivity contribution is -0.00553. The minimum atomic E-state index is -0.180. The van der Waals surface area contributed by atoms with E-state index in [1.165, 1.54) is 11.3 Å². The van der Waals surface area contributed by atoms with Crippen LogP contribution in [0.4, 0.5) is 0 Å². The van der Waals surface area contributed by atoms with E-state index in [0.29, 0.717) is 0 Å². The van der Waals surface area contributed by atoms with Crippen molar-refractivity contribution in [1.82, 2.24) is 9.47 Å². The third-order valence-electron chi connectivity index (χ3n) is 5.23. The summed E-state index contributed by atoms with van der Waals surface area (Å²) in [6.07, 6.45) is 7.35. The van der Waals surface area contributed by atoms with Gasteiger partial charge in [-0.15, -0.1) is 6.58 Å². The highest BCUT2D eigenvalue weighted by atomic mass is 16.5. The number of rotatable bonds is 3. The zero-order valence-corrected chi connectivity index (χ0v) is 13.6. The van der Waals surface area contributed by atoms with Gasteiger partial charge in [-0.2, -0.15) is 0 Å². The van der Waals surface area contributed by atoms with E-state index in [1.54, 1.807) is 0 Å². The smallest absolute Gasteiger partial charge is 0.151 e. The second kappa shape index (κ2) is 5.89. The Morgan fingerprint density at radius 3 is 2.78 bits per heavy atom. The fourth-order valence-corrected chi connectivity index (χ4v) is 3.92. The van der Waals surface area contributed by atoms with Gasteiger partial charge in [0, 0.05) is 44.2 Å². The van der Waals surface area contributed by atoms with Crippen LogP contribution < -0.4 is 4.74 Å². The summed E-state index contributed by atoms with van der Waals surface area (Å²) in [5, 5.41) is 0. The Kier molecular flexibility index (Phi) is 3.74. The number of aromatic nitrogens is 1. The SMILES string of the molecule is C=CCCN1CCC2(CC1)Oc1ccccc1Cn1cccc12. The summed E-state index contributed by atoms with van der Waals surface area (Å²) in [6.45, 7) is 8.01. The highest BCUT2D eigenvalue weighted by Gasteiger charge is 2.42. The van der Waals surface area contributed by atoms with Crippen LogP contribution in [0.5, 0.6) is 5.75 Å². The molecule has 0 aliphatic carbocycles. The van der Waals surface area contributed by atoms with E-state index in [4.69, 9.17) is 4.74 Å². The first-order valence-corrected chi connectivity index (χ1v) is 8.56. The maximum absolute atomic E-state index is 6.66. The normalized spacial score (nSPS) is 19.5. The van der Waals surface area contributed by atoms with Crippen LogP contribution in [-0.2, 0) is 12.1 Å². The van der Waals surface area contributed by atoms with Gasteiger partial charge in [-0.25, -0.2) is 0 Å². The van der Waals surface area contributed by atoms with E-state index < -0.39 is 0 Å². The molecule has 3 heterocycles. The molecular formula is C20H24N2O. The van der Waals surface area contributed by atoms with Crippen LogP contribution in [0.1, 0.15) is 30.5 Å². The van der Waals surface area contributed by atoms with Crippen LogP contribution in [0.25, 0.3) is 0 Å². The van der Waals surface area contributed by atoms with Gasteiger partial charge in [0.15, 0.2) is 5.60 Å². The molecule has 1 saturated heterocycles. The molecule has 1 spiro atoms. The average Bonchev–Trinajstić information content (AvgIpc) is 3.00. The zero-order chi connectivity index (χ0) is 15.7. The van der Waals surface area contributed by atoms with E-state index in [0.717, 1.165) is 51.2 Å². The van der Waals surface area contributed by atoms with Gasteiger partial charge in [0.2, 0.25) is 0 Å². The van der Waals surface area contributed by atoms with Gasteiger partial charge in [0.25, 0.3) is 0 Å². The number of para-hydroxylation sites is 1. The molecule has 0 radical (unpaired) electrons. The fraction of sp³-hybridized carbons (Fsp3) is 0.400. The summed E-state index contributed by atoms with van der Waals surface area (Å²) >= 11 is 0. The number of benzene rings is 1. The Morgan fingerprint density at radius 2 is 1.96 bits per heavy atom.